The first-order valence-electron chi connectivity index (χ1n) is 7.74. The Hall–Kier alpha value is -0.990. The highest BCUT2D eigenvalue weighted by molar-refractivity contribution is 7.10. The molecule has 0 radical (unpaired) electrons. The molecule has 2 aromatic rings. The zero-order valence-electron chi connectivity index (χ0n) is 14.1. The molecule has 3 rings (SSSR count). The van der Waals surface area contributed by atoms with Crippen LogP contribution in [0, 0.1) is 0 Å². The van der Waals surface area contributed by atoms with Crippen molar-refractivity contribution >= 4 is 36.2 Å². The number of hydrogen-bond acceptors (Lipinski definition) is 4. The van der Waals surface area contributed by atoms with Crippen LogP contribution in [-0.4, -0.2) is 38.2 Å². The normalized spacial score (nSPS) is 16.3. The van der Waals surface area contributed by atoms with Crippen molar-refractivity contribution in [3.05, 3.63) is 51.7 Å². The number of nitrogens with one attached hydrogen (secondary N) is 1. The van der Waals surface area contributed by atoms with E-state index < -0.39 is 11.7 Å². The van der Waals surface area contributed by atoms with Crippen LogP contribution in [0.5, 0.6) is 5.75 Å². The maximum Gasteiger partial charge on any atom is 0.416 e. The minimum Gasteiger partial charge on any atom is -0.496 e. The monoisotopic (exact) mass is 428 g/mol. The van der Waals surface area contributed by atoms with E-state index in [-0.39, 0.29) is 36.6 Å². The number of alkyl halides is 3. The molecule has 1 atom stereocenters. The Balaban J connectivity index is 0.00000169. The van der Waals surface area contributed by atoms with Crippen molar-refractivity contribution in [3.8, 4) is 5.75 Å². The topological polar surface area (TPSA) is 24.5 Å². The van der Waals surface area contributed by atoms with E-state index in [0.29, 0.717) is 0 Å². The number of nitrogens with zero attached hydrogens (tertiary/aromatic N) is 1. The molecular formula is C17H21Cl2F3N2OS. The van der Waals surface area contributed by atoms with E-state index in [1.54, 1.807) is 17.4 Å². The van der Waals surface area contributed by atoms with Crippen molar-refractivity contribution in [1.82, 2.24) is 10.2 Å². The number of piperazine rings is 1. The second-order valence-electron chi connectivity index (χ2n) is 5.66. The number of thiophene rings is 1. The lowest BCUT2D eigenvalue weighted by molar-refractivity contribution is -0.137. The summed E-state index contributed by atoms with van der Waals surface area (Å²) >= 11 is 1.61. The second kappa shape index (κ2) is 9.80. The number of hydrogen-bond donors (Lipinski definition) is 1. The van der Waals surface area contributed by atoms with E-state index in [1.165, 1.54) is 7.11 Å². The summed E-state index contributed by atoms with van der Waals surface area (Å²) in [6.45, 7) is 3.41. The Morgan fingerprint density at radius 3 is 2.38 bits per heavy atom. The summed E-state index contributed by atoms with van der Waals surface area (Å²) in [5.41, 5.74) is 0.0863. The molecule has 1 N–H and O–H groups in total. The summed E-state index contributed by atoms with van der Waals surface area (Å²) in [7, 11) is 1.42. The van der Waals surface area contributed by atoms with Gasteiger partial charge in [0.1, 0.15) is 5.75 Å². The standard InChI is InChI=1S/C17H19F3N2OS.2ClH/c1-23-14-11-12(17(18,19)20)4-5-13(14)16(15-3-2-10-24-15)22-8-6-21-7-9-22;;/h2-5,10-11,16,21H,6-9H2,1H3;2*1H/t16-;;/m1../s1. The van der Waals surface area contributed by atoms with Crippen LogP contribution in [0.4, 0.5) is 13.2 Å². The van der Waals surface area contributed by atoms with E-state index in [4.69, 9.17) is 4.74 Å². The highest BCUT2D eigenvalue weighted by Gasteiger charge is 2.33. The molecule has 9 heteroatoms. The van der Waals surface area contributed by atoms with Gasteiger partial charge in [-0.2, -0.15) is 13.2 Å². The largest absolute Gasteiger partial charge is 0.496 e. The van der Waals surface area contributed by atoms with Crippen LogP contribution in [0.2, 0.25) is 0 Å². The van der Waals surface area contributed by atoms with Gasteiger partial charge in [0.15, 0.2) is 0 Å². The molecule has 1 aromatic carbocycles. The summed E-state index contributed by atoms with van der Waals surface area (Å²) in [6, 6.07) is 7.68. The van der Waals surface area contributed by atoms with Crippen LogP contribution in [0.3, 0.4) is 0 Å². The van der Waals surface area contributed by atoms with Crippen molar-refractivity contribution < 1.29 is 17.9 Å². The maximum absolute atomic E-state index is 13.0. The van der Waals surface area contributed by atoms with Crippen LogP contribution in [0.15, 0.2) is 35.7 Å². The van der Waals surface area contributed by atoms with Crippen LogP contribution >= 0.6 is 36.2 Å². The number of halogens is 5. The van der Waals surface area contributed by atoms with Crippen LogP contribution in [0.1, 0.15) is 22.0 Å². The third-order valence-electron chi connectivity index (χ3n) is 4.18. The Kier molecular flexibility index (Phi) is 8.69. The van der Waals surface area contributed by atoms with E-state index in [1.807, 2.05) is 17.5 Å². The predicted molar refractivity (Wildman–Crippen MR) is 103 cm³/mol. The molecule has 0 spiro atoms. The Morgan fingerprint density at radius 1 is 1.15 bits per heavy atom. The van der Waals surface area contributed by atoms with Gasteiger partial charge >= 0.3 is 6.18 Å². The lowest BCUT2D eigenvalue weighted by atomic mass is 9.99. The third-order valence-corrected chi connectivity index (χ3v) is 5.11. The molecule has 0 amide bonds. The van der Waals surface area contributed by atoms with Crippen LogP contribution in [-0.2, 0) is 6.18 Å². The van der Waals surface area contributed by atoms with E-state index in [9.17, 15) is 13.2 Å². The van der Waals surface area contributed by atoms with Crippen molar-refractivity contribution in [3.63, 3.8) is 0 Å². The minimum absolute atomic E-state index is 0. The van der Waals surface area contributed by atoms with Gasteiger partial charge in [-0.3, -0.25) is 4.90 Å². The van der Waals surface area contributed by atoms with Crippen molar-refractivity contribution in [2.24, 2.45) is 0 Å². The molecule has 0 aliphatic carbocycles. The Labute approximate surface area is 167 Å². The summed E-state index contributed by atoms with van der Waals surface area (Å²) in [6.07, 6.45) is -4.38. The molecule has 2 heterocycles. The SMILES string of the molecule is COc1cc(C(F)(F)F)ccc1[C@H](c1cccs1)N1CCNCC1.Cl.Cl. The van der Waals surface area contributed by atoms with Gasteiger partial charge < -0.3 is 10.1 Å². The molecule has 0 unspecified atom stereocenters. The van der Waals surface area contributed by atoms with Gasteiger partial charge in [0.05, 0.1) is 18.7 Å². The fourth-order valence-corrected chi connectivity index (χ4v) is 3.91. The second-order valence-corrected chi connectivity index (χ2v) is 6.64. The lowest BCUT2D eigenvalue weighted by Crippen LogP contribution is -2.45. The summed E-state index contributed by atoms with van der Waals surface area (Å²) in [5, 5.41) is 5.29. The Morgan fingerprint density at radius 2 is 1.85 bits per heavy atom. The van der Waals surface area contributed by atoms with E-state index in [0.717, 1.165) is 48.8 Å². The number of ether oxygens (including phenoxy) is 1. The van der Waals surface area contributed by atoms with Crippen LogP contribution in [0.25, 0.3) is 0 Å². The highest BCUT2D eigenvalue weighted by atomic mass is 35.5. The molecule has 3 nitrogen and oxygen atoms in total. The quantitative estimate of drug-likeness (QED) is 0.768. The third kappa shape index (κ3) is 5.04. The van der Waals surface area contributed by atoms with Crippen molar-refractivity contribution in [1.29, 1.82) is 0 Å². The Bertz CT molecular complexity index is 677. The molecule has 146 valence electrons. The average Bonchev–Trinajstić information content (AvgIpc) is 3.09. The number of rotatable bonds is 4. The molecule has 1 aliphatic heterocycles. The summed E-state index contributed by atoms with van der Waals surface area (Å²) in [4.78, 5) is 3.39. The van der Waals surface area contributed by atoms with Crippen molar-refractivity contribution in [2.75, 3.05) is 33.3 Å². The predicted octanol–water partition coefficient (Wildman–Crippen LogP) is 4.61. The van der Waals surface area contributed by atoms with E-state index in [2.05, 4.69) is 10.2 Å². The van der Waals surface area contributed by atoms with Gasteiger partial charge in [-0.1, -0.05) is 12.1 Å². The lowest BCUT2D eigenvalue weighted by Gasteiger charge is -2.35. The van der Waals surface area contributed by atoms with Gasteiger partial charge in [0.2, 0.25) is 0 Å². The smallest absolute Gasteiger partial charge is 0.416 e. The molecule has 0 bridgehead atoms. The zero-order valence-corrected chi connectivity index (χ0v) is 16.5. The summed E-state index contributed by atoms with van der Waals surface area (Å²) in [5.74, 6) is 0.279. The van der Waals surface area contributed by atoms with Gasteiger partial charge in [-0.15, -0.1) is 36.2 Å². The molecule has 0 saturated carbocycles. The van der Waals surface area contributed by atoms with Gasteiger partial charge in [-0.25, -0.2) is 0 Å². The molecule has 1 saturated heterocycles. The zero-order chi connectivity index (χ0) is 17.2. The fourth-order valence-electron chi connectivity index (χ4n) is 3.03. The number of methoxy groups -OCH3 is 1. The maximum atomic E-state index is 13.0. The summed E-state index contributed by atoms with van der Waals surface area (Å²) < 4.78 is 44.3. The molecular weight excluding hydrogens is 408 g/mol. The van der Waals surface area contributed by atoms with E-state index >= 15 is 0 Å². The number of benzene rings is 1. The van der Waals surface area contributed by atoms with Gasteiger partial charge in [0.25, 0.3) is 0 Å². The first kappa shape index (κ1) is 23.0. The molecule has 1 fully saturated rings. The van der Waals surface area contributed by atoms with Crippen molar-refractivity contribution in [2.45, 2.75) is 12.2 Å². The molecule has 26 heavy (non-hydrogen) atoms. The molecule has 1 aromatic heterocycles. The average molecular weight is 429 g/mol. The van der Waals surface area contributed by atoms with Gasteiger partial charge in [0, 0.05) is 36.6 Å². The first-order valence-corrected chi connectivity index (χ1v) is 8.62. The molecule has 1 aliphatic rings. The van der Waals surface area contributed by atoms with Crippen LogP contribution < -0.4 is 10.1 Å². The highest BCUT2D eigenvalue weighted by Crippen LogP contribution is 2.40. The fraction of sp³-hybridized carbons (Fsp3) is 0.412. The first-order chi connectivity index (χ1) is 11.5. The van der Waals surface area contributed by atoms with Gasteiger partial charge in [-0.05, 0) is 23.6 Å². The minimum atomic E-state index is -4.38.